The van der Waals surface area contributed by atoms with Gasteiger partial charge in [-0.05, 0) is 44.7 Å². The Kier molecular flexibility index (Phi) is 5.13. The number of nitrogens with zero attached hydrogens (tertiary/aromatic N) is 6. The van der Waals surface area contributed by atoms with E-state index in [-0.39, 0.29) is 11.8 Å². The number of nitrogens with one attached hydrogen (secondary N) is 1. The van der Waals surface area contributed by atoms with Crippen molar-refractivity contribution in [2.75, 3.05) is 41.3 Å². The second-order valence-corrected chi connectivity index (χ2v) is 7.24. The first-order chi connectivity index (χ1) is 13.2. The first-order valence-electron chi connectivity index (χ1n) is 9.62. The largest absolute Gasteiger partial charge is 0.356 e. The number of hydrogen-bond acceptors (Lipinski definition) is 7. The van der Waals surface area contributed by atoms with Crippen LogP contribution in [0.2, 0.25) is 0 Å². The molecule has 1 N–H and O–H groups in total. The second kappa shape index (κ2) is 7.85. The van der Waals surface area contributed by atoms with Gasteiger partial charge in [-0.25, -0.2) is 9.97 Å². The van der Waals surface area contributed by atoms with Crippen molar-refractivity contribution in [3.63, 3.8) is 0 Å². The molecule has 142 valence electrons. The van der Waals surface area contributed by atoms with Crippen LogP contribution in [-0.4, -0.2) is 52.3 Å². The van der Waals surface area contributed by atoms with Crippen molar-refractivity contribution in [2.45, 2.75) is 32.6 Å². The highest BCUT2D eigenvalue weighted by atomic mass is 16.1. The molecule has 2 fully saturated rings. The predicted octanol–water partition coefficient (Wildman–Crippen LogP) is 2.03. The average molecular weight is 367 g/mol. The van der Waals surface area contributed by atoms with Crippen molar-refractivity contribution in [1.82, 2.24) is 20.2 Å². The number of amides is 1. The summed E-state index contributed by atoms with van der Waals surface area (Å²) in [6, 6.07) is 5.83. The molecule has 2 aromatic heterocycles. The minimum atomic E-state index is -0.00939. The zero-order valence-corrected chi connectivity index (χ0v) is 15.6. The second-order valence-electron chi connectivity index (χ2n) is 7.24. The van der Waals surface area contributed by atoms with Crippen LogP contribution in [0.25, 0.3) is 0 Å². The fraction of sp³-hybridized carbons (Fsp3) is 0.526. The maximum atomic E-state index is 12.7. The van der Waals surface area contributed by atoms with Gasteiger partial charge in [0.25, 0.3) is 0 Å². The maximum Gasteiger partial charge on any atom is 0.228 e. The van der Waals surface area contributed by atoms with E-state index in [2.05, 4.69) is 35.3 Å². The molecule has 4 rings (SSSR count). The standard InChI is InChI=1S/C19H25N7O/c1-14-4-5-17(24-23-14)26-10-6-15(7-11-26)19(27)22-16-12-18(21-13-20-16)25-8-2-3-9-25/h4-5,12-13,15H,2-3,6-11H2,1H3,(H,20,21,22,27). The lowest BCUT2D eigenvalue weighted by Crippen LogP contribution is -2.38. The van der Waals surface area contributed by atoms with Gasteiger partial charge in [-0.3, -0.25) is 4.79 Å². The molecule has 2 aliphatic rings. The molecule has 0 unspecified atom stereocenters. The minimum Gasteiger partial charge on any atom is -0.356 e. The lowest BCUT2D eigenvalue weighted by Gasteiger charge is -2.31. The number of anilines is 3. The van der Waals surface area contributed by atoms with Crippen molar-refractivity contribution >= 4 is 23.4 Å². The van der Waals surface area contributed by atoms with E-state index in [0.29, 0.717) is 5.82 Å². The molecule has 0 atom stereocenters. The molecule has 27 heavy (non-hydrogen) atoms. The van der Waals surface area contributed by atoms with E-state index in [1.807, 2.05) is 25.1 Å². The van der Waals surface area contributed by atoms with Crippen LogP contribution in [0.1, 0.15) is 31.4 Å². The van der Waals surface area contributed by atoms with Crippen LogP contribution in [0.5, 0.6) is 0 Å². The van der Waals surface area contributed by atoms with Gasteiger partial charge in [-0.2, -0.15) is 5.10 Å². The monoisotopic (exact) mass is 367 g/mol. The fourth-order valence-electron chi connectivity index (χ4n) is 3.69. The molecule has 4 heterocycles. The first kappa shape index (κ1) is 17.6. The highest BCUT2D eigenvalue weighted by Crippen LogP contribution is 2.24. The number of hydrogen-bond donors (Lipinski definition) is 1. The molecule has 0 aliphatic carbocycles. The Morgan fingerprint density at radius 1 is 1.00 bits per heavy atom. The quantitative estimate of drug-likeness (QED) is 0.885. The van der Waals surface area contributed by atoms with Crippen LogP contribution in [0.4, 0.5) is 17.5 Å². The van der Waals surface area contributed by atoms with E-state index in [9.17, 15) is 4.79 Å². The Morgan fingerprint density at radius 3 is 2.44 bits per heavy atom. The lowest BCUT2D eigenvalue weighted by molar-refractivity contribution is -0.120. The zero-order chi connectivity index (χ0) is 18.6. The van der Waals surface area contributed by atoms with Gasteiger partial charge in [-0.1, -0.05) is 0 Å². The van der Waals surface area contributed by atoms with Crippen LogP contribution < -0.4 is 15.1 Å². The summed E-state index contributed by atoms with van der Waals surface area (Å²) < 4.78 is 0. The van der Waals surface area contributed by atoms with Crippen LogP contribution in [-0.2, 0) is 4.79 Å². The summed E-state index contributed by atoms with van der Waals surface area (Å²) in [4.78, 5) is 25.6. The predicted molar refractivity (Wildman–Crippen MR) is 104 cm³/mol. The molecule has 2 saturated heterocycles. The highest BCUT2D eigenvalue weighted by Gasteiger charge is 2.26. The Labute approximate surface area is 159 Å². The third-order valence-electron chi connectivity index (χ3n) is 5.31. The Morgan fingerprint density at radius 2 is 1.74 bits per heavy atom. The summed E-state index contributed by atoms with van der Waals surface area (Å²) in [5, 5.41) is 11.3. The summed E-state index contributed by atoms with van der Waals surface area (Å²) in [5.41, 5.74) is 0.908. The molecular formula is C19H25N7O. The van der Waals surface area contributed by atoms with Gasteiger partial charge in [0.1, 0.15) is 18.0 Å². The summed E-state index contributed by atoms with van der Waals surface area (Å²) in [5.74, 6) is 2.39. The van der Waals surface area contributed by atoms with Crippen molar-refractivity contribution in [3.05, 3.63) is 30.2 Å². The van der Waals surface area contributed by atoms with Crippen LogP contribution >= 0.6 is 0 Å². The van der Waals surface area contributed by atoms with Gasteiger partial charge in [0, 0.05) is 38.2 Å². The SMILES string of the molecule is Cc1ccc(N2CCC(C(=O)Nc3cc(N4CCCC4)ncn3)CC2)nn1. The molecule has 0 bridgehead atoms. The Bertz CT molecular complexity index is 781. The van der Waals surface area contributed by atoms with E-state index in [0.717, 1.165) is 56.4 Å². The molecule has 8 heteroatoms. The van der Waals surface area contributed by atoms with E-state index in [4.69, 9.17) is 0 Å². The summed E-state index contributed by atoms with van der Waals surface area (Å²) in [6.07, 6.45) is 5.50. The highest BCUT2D eigenvalue weighted by molar-refractivity contribution is 5.92. The number of rotatable bonds is 4. The van der Waals surface area contributed by atoms with E-state index >= 15 is 0 Å². The Hall–Kier alpha value is -2.77. The molecule has 2 aromatic rings. The molecule has 0 aromatic carbocycles. The average Bonchev–Trinajstić information content (AvgIpc) is 3.24. The first-order valence-corrected chi connectivity index (χ1v) is 9.62. The molecule has 0 spiro atoms. The third kappa shape index (κ3) is 4.15. The van der Waals surface area contributed by atoms with Crippen LogP contribution in [0, 0.1) is 12.8 Å². The van der Waals surface area contributed by atoms with Gasteiger partial charge in [0.05, 0.1) is 5.69 Å². The fourth-order valence-corrected chi connectivity index (χ4v) is 3.69. The molecule has 0 radical (unpaired) electrons. The number of aryl methyl sites for hydroxylation is 1. The minimum absolute atomic E-state index is 0.00939. The molecule has 2 aliphatic heterocycles. The third-order valence-corrected chi connectivity index (χ3v) is 5.31. The summed E-state index contributed by atoms with van der Waals surface area (Å²) in [7, 11) is 0. The van der Waals surface area contributed by atoms with E-state index in [1.165, 1.54) is 19.2 Å². The zero-order valence-electron chi connectivity index (χ0n) is 15.6. The van der Waals surface area contributed by atoms with Crippen molar-refractivity contribution in [2.24, 2.45) is 5.92 Å². The van der Waals surface area contributed by atoms with Crippen molar-refractivity contribution in [3.8, 4) is 0 Å². The van der Waals surface area contributed by atoms with Crippen molar-refractivity contribution < 1.29 is 4.79 Å². The van der Waals surface area contributed by atoms with Crippen LogP contribution in [0.3, 0.4) is 0 Å². The van der Waals surface area contributed by atoms with Gasteiger partial charge < -0.3 is 15.1 Å². The summed E-state index contributed by atoms with van der Waals surface area (Å²) >= 11 is 0. The summed E-state index contributed by atoms with van der Waals surface area (Å²) in [6.45, 7) is 5.57. The Balaban J connectivity index is 1.33. The number of aromatic nitrogens is 4. The van der Waals surface area contributed by atoms with Crippen LogP contribution in [0.15, 0.2) is 24.5 Å². The number of carbonyl (C=O) groups is 1. The number of piperidine rings is 1. The normalized spacial score (nSPS) is 18.0. The van der Waals surface area contributed by atoms with Crippen molar-refractivity contribution in [1.29, 1.82) is 0 Å². The van der Waals surface area contributed by atoms with Gasteiger partial charge in [-0.15, -0.1) is 5.10 Å². The molecular weight excluding hydrogens is 342 g/mol. The van der Waals surface area contributed by atoms with Gasteiger partial charge in [0.15, 0.2) is 5.82 Å². The number of carbonyl (C=O) groups excluding carboxylic acids is 1. The van der Waals surface area contributed by atoms with Gasteiger partial charge >= 0.3 is 0 Å². The molecule has 1 amide bonds. The molecule has 0 saturated carbocycles. The maximum absolute atomic E-state index is 12.7. The van der Waals surface area contributed by atoms with Gasteiger partial charge in [0.2, 0.25) is 5.91 Å². The van der Waals surface area contributed by atoms with E-state index < -0.39 is 0 Å². The molecule has 8 nitrogen and oxygen atoms in total. The smallest absolute Gasteiger partial charge is 0.228 e. The lowest BCUT2D eigenvalue weighted by atomic mass is 9.96. The van der Waals surface area contributed by atoms with E-state index in [1.54, 1.807) is 0 Å². The topological polar surface area (TPSA) is 87.1 Å².